The maximum absolute atomic E-state index is 12.5. The molecule has 1 aromatic heterocycles. The van der Waals surface area contributed by atoms with Crippen LogP contribution in [0.4, 0.5) is 10.8 Å². The van der Waals surface area contributed by atoms with Gasteiger partial charge in [-0.15, -0.1) is 10.2 Å². The van der Waals surface area contributed by atoms with E-state index in [0.29, 0.717) is 11.3 Å². The second-order valence-electron chi connectivity index (χ2n) is 6.22. The molecule has 1 aromatic carbocycles. The van der Waals surface area contributed by atoms with Crippen molar-refractivity contribution >= 4 is 44.1 Å². The van der Waals surface area contributed by atoms with Crippen LogP contribution in [-0.2, 0) is 19.6 Å². The molecule has 9 nitrogen and oxygen atoms in total. The summed E-state index contributed by atoms with van der Waals surface area (Å²) < 4.78 is 31.6. The highest BCUT2D eigenvalue weighted by atomic mass is 32.2. The van der Waals surface area contributed by atoms with Crippen LogP contribution in [0.5, 0.6) is 0 Å². The Kier molecular flexibility index (Phi) is 5.62. The number of sulfonamides is 1. The molecular formula is C15H18N4O5S2. The standard InChI is InChI=1S/C15H18N4O5S2/c1-15(2,3)12(21)16-13-17-18-14(25-13)26(22,23)19-10-8-6-5-7-9(10)11(20)24-4/h5-8,19H,1-4H3,(H,16,17,21). The van der Waals surface area contributed by atoms with Gasteiger partial charge < -0.3 is 10.1 Å². The van der Waals surface area contributed by atoms with E-state index in [1.807, 2.05) is 0 Å². The Morgan fingerprint density at radius 1 is 1.15 bits per heavy atom. The molecular weight excluding hydrogens is 380 g/mol. The average Bonchev–Trinajstić information content (AvgIpc) is 3.03. The van der Waals surface area contributed by atoms with Crippen LogP contribution in [0.1, 0.15) is 31.1 Å². The molecule has 1 amide bonds. The van der Waals surface area contributed by atoms with Gasteiger partial charge in [0.15, 0.2) is 0 Å². The molecule has 0 spiro atoms. The minimum absolute atomic E-state index is 0.0508. The summed E-state index contributed by atoms with van der Waals surface area (Å²) in [4.78, 5) is 23.7. The first kappa shape index (κ1) is 19.8. The van der Waals surface area contributed by atoms with Crippen molar-refractivity contribution in [3.63, 3.8) is 0 Å². The van der Waals surface area contributed by atoms with Crippen molar-refractivity contribution in [1.82, 2.24) is 10.2 Å². The van der Waals surface area contributed by atoms with Crippen LogP contribution < -0.4 is 10.0 Å². The Bertz CT molecular complexity index is 932. The summed E-state index contributed by atoms with van der Waals surface area (Å²) in [6.45, 7) is 5.14. The highest BCUT2D eigenvalue weighted by molar-refractivity contribution is 7.94. The molecule has 2 N–H and O–H groups in total. The van der Waals surface area contributed by atoms with Gasteiger partial charge in [0.05, 0.1) is 18.4 Å². The lowest BCUT2D eigenvalue weighted by Gasteiger charge is -2.15. The molecule has 26 heavy (non-hydrogen) atoms. The summed E-state index contributed by atoms with van der Waals surface area (Å²) in [5, 5.41) is 9.86. The first-order chi connectivity index (χ1) is 12.0. The van der Waals surface area contributed by atoms with Gasteiger partial charge in [0, 0.05) is 5.41 Å². The van der Waals surface area contributed by atoms with Crippen LogP contribution >= 0.6 is 11.3 Å². The normalized spacial score (nSPS) is 11.7. The number of hydrogen-bond donors (Lipinski definition) is 2. The number of amides is 1. The molecule has 140 valence electrons. The molecule has 2 aromatic rings. The molecule has 0 aliphatic carbocycles. The fourth-order valence-corrected chi connectivity index (χ4v) is 3.68. The van der Waals surface area contributed by atoms with Crippen molar-refractivity contribution in [2.45, 2.75) is 25.1 Å². The molecule has 1 heterocycles. The van der Waals surface area contributed by atoms with Gasteiger partial charge in [0.25, 0.3) is 14.4 Å². The first-order valence-electron chi connectivity index (χ1n) is 7.40. The van der Waals surface area contributed by atoms with E-state index in [4.69, 9.17) is 0 Å². The van der Waals surface area contributed by atoms with E-state index in [1.165, 1.54) is 19.2 Å². The van der Waals surface area contributed by atoms with Gasteiger partial charge in [-0.3, -0.25) is 9.52 Å². The molecule has 0 atom stereocenters. The number of esters is 1. The Labute approximate surface area is 154 Å². The topological polar surface area (TPSA) is 127 Å². The number of anilines is 2. The number of carbonyl (C=O) groups is 2. The van der Waals surface area contributed by atoms with Gasteiger partial charge in [0.2, 0.25) is 11.0 Å². The fraction of sp³-hybridized carbons (Fsp3) is 0.333. The van der Waals surface area contributed by atoms with Gasteiger partial charge in [-0.05, 0) is 12.1 Å². The van der Waals surface area contributed by atoms with Gasteiger partial charge in [-0.1, -0.05) is 44.2 Å². The van der Waals surface area contributed by atoms with Gasteiger partial charge >= 0.3 is 5.97 Å². The highest BCUT2D eigenvalue weighted by Crippen LogP contribution is 2.26. The predicted molar refractivity (Wildman–Crippen MR) is 96.6 cm³/mol. The SMILES string of the molecule is COC(=O)c1ccccc1NS(=O)(=O)c1nnc(NC(=O)C(C)(C)C)s1. The third-order valence-corrected chi connectivity index (χ3v) is 5.69. The number of nitrogens with one attached hydrogen (secondary N) is 2. The summed E-state index contributed by atoms with van der Waals surface area (Å²) in [6, 6.07) is 6.00. The van der Waals surface area contributed by atoms with E-state index in [2.05, 4.69) is 25.0 Å². The lowest BCUT2D eigenvalue weighted by molar-refractivity contribution is -0.123. The third-order valence-electron chi connectivity index (χ3n) is 3.11. The maximum atomic E-state index is 12.5. The second-order valence-corrected chi connectivity index (χ2v) is 9.05. The molecule has 11 heteroatoms. The summed E-state index contributed by atoms with van der Waals surface area (Å²) in [5.41, 5.74) is -0.554. The largest absolute Gasteiger partial charge is 0.465 e. The molecule has 0 saturated heterocycles. The fourth-order valence-electron chi connectivity index (χ4n) is 1.70. The smallest absolute Gasteiger partial charge is 0.339 e. The van der Waals surface area contributed by atoms with Gasteiger partial charge in [-0.2, -0.15) is 8.42 Å². The number of para-hydroxylation sites is 1. The summed E-state index contributed by atoms with van der Waals surface area (Å²) in [6.07, 6.45) is 0. The summed E-state index contributed by atoms with van der Waals surface area (Å²) in [5.74, 6) is -1.000. The van der Waals surface area contributed by atoms with E-state index in [0.717, 1.165) is 0 Å². The zero-order valence-electron chi connectivity index (χ0n) is 14.6. The molecule has 0 unspecified atom stereocenters. The van der Waals surface area contributed by atoms with Crippen LogP contribution in [0, 0.1) is 5.41 Å². The van der Waals surface area contributed by atoms with Crippen LogP contribution in [0.3, 0.4) is 0 Å². The van der Waals surface area contributed by atoms with E-state index in [-0.39, 0.29) is 26.6 Å². The van der Waals surface area contributed by atoms with E-state index >= 15 is 0 Å². The van der Waals surface area contributed by atoms with Crippen molar-refractivity contribution in [2.75, 3.05) is 17.1 Å². The molecule has 0 bridgehead atoms. The summed E-state index contributed by atoms with van der Waals surface area (Å²) >= 11 is 0.703. The number of benzene rings is 1. The van der Waals surface area contributed by atoms with E-state index < -0.39 is 21.4 Å². The molecule has 0 aliphatic rings. The van der Waals surface area contributed by atoms with Crippen LogP contribution in [0.2, 0.25) is 0 Å². The van der Waals surface area contributed by atoms with Crippen molar-refractivity contribution < 1.29 is 22.7 Å². The van der Waals surface area contributed by atoms with Gasteiger partial charge in [-0.25, -0.2) is 4.79 Å². The lowest BCUT2D eigenvalue weighted by atomic mass is 9.96. The van der Waals surface area contributed by atoms with Crippen molar-refractivity contribution in [2.24, 2.45) is 5.41 Å². The number of nitrogens with zero attached hydrogens (tertiary/aromatic N) is 2. The van der Waals surface area contributed by atoms with Crippen molar-refractivity contribution in [3.05, 3.63) is 29.8 Å². The Morgan fingerprint density at radius 3 is 2.42 bits per heavy atom. The molecule has 0 fully saturated rings. The predicted octanol–water partition coefficient (Wildman–Crippen LogP) is 2.11. The molecule has 2 rings (SSSR count). The minimum Gasteiger partial charge on any atom is -0.465 e. The Morgan fingerprint density at radius 2 is 1.81 bits per heavy atom. The number of hydrogen-bond acceptors (Lipinski definition) is 8. The quantitative estimate of drug-likeness (QED) is 0.583. The monoisotopic (exact) mass is 398 g/mol. The minimum atomic E-state index is -4.09. The Balaban J connectivity index is 2.25. The van der Waals surface area contributed by atoms with E-state index in [1.54, 1.807) is 32.9 Å². The maximum Gasteiger partial charge on any atom is 0.339 e. The average molecular weight is 398 g/mol. The Hall–Kier alpha value is -2.53. The molecule has 0 saturated carbocycles. The molecule has 0 radical (unpaired) electrons. The van der Waals surface area contributed by atoms with Crippen LogP contribution in [0.15, 0.2) is 28.6 Å². The number of carbonyl (C=O) groups excluding carboxylic acids is 2. The van der Waals surface area contributed by atoms with Crippen molar-refractivity contribution in [1.29, 1.82) is 0 Å². The zero-order chi connectivity index (χ0) is 19.5. The number of aromatic nitrogens is 2. The third kappa shape index (κ3) is 4.55. The highest BCUT2D eigenvalue weighted by Gasteiger charge is 2.26. The number of ether oxygens (including phenoxy) is 1. The first-order valence-corrected chi connectivity index (χ1v) is 9.69. The lowest BCUT2D eigenvalue weighted by Crippen LogP contribution is -2.27. The molecule has 0 aliphatic heterocycles. The van der Waals surface area contributed by atoms with Crippen molar-refractivity contribution in [3.8, 4) is 0 Å². The van der Waals surface area contributed by atoms with Gasteiger partial charge in [0.1, 0.15) is 0 Å². The van der Waals surface area contributed by atoms with Crippen LogP contribution in [0.25, 0.3) is 0 Å². The van der Waals surface area contributed by atoms with Crippen LogP contribution in [-0.4, -0.2) is 37.6 Å². The van der Waals surface area contributed by atoms with E-state index in [9.17, 15) is 18.0 Å². The zero-order valence-corrected chi connectivity index (χ0v) is 16.2. The second kappa shape index (κ2) is 7.38. The number of methoxy groups -OCH3 is 1. The summed E-state index contributed by atoms with van der Waals surface area (Å²) in [7, 11) is -2.90. The number of rotatable bonds is 5.